The molecule has 0 bridgehead atoms. The van der Waals surface area contributed by atoms with Gasteiger partial charge in [0.25, 0.3) is 0 Å². The Kier molecular flexibility index (Phi) is 4.84. The second kappa shape index (κ2) is 6.61. The van der Waals surface area contributed by atoms with Crippen molar-refractivity contribution in [3.05, 3.63) is 42.5 Å². The van der Waals surface area contributed by atoms with E-state index >= 15 is 0 Å². The van der Waals surface area contributed by atoms with Crippen molar-refractivity contribution >= 4 is 23.4 Å². The Morgan fingerprint density at radius 3 is 2.83 bits per heavy atom. The fraction of sp³-hybridized carbons (Fsp3) is 0.357. The zero-order chi connectivity index (χ0) is 12.8. The first-order valence-corrected chi connectivity index (χ1v) is 7.26. The van der Waals surface area contributed by atoms with Gasteiger partial charge in [-0.15, -0.1) is 0 Å². The first kappa shape index (κ1) is 13.2. The first-order chi connectivity index (χ1) is 8.79. The molecule has 1 amide bonds. The molecule has 1 aliphatic rings. The van der Waals surface area contributed by atoms with Crippen LogP contribution in [-0.4, -0.2) is 35.4 Å². The van der Waals surface area contributed by atoms with E-state index in [-0.39, 0.29) is 5.91 Å². The molecule has 1 N–H and O–H groups in total. The van der Waals surface area contributed by atoms with Crippen molar-refractivity contribution < 1.29 is 4.79 Å². The maximum atomic E-state index is 11.4. The van der Waals surface area contributed by atoms with E-state index in [0.717, 1.165) is 25.3 Å². The third-order valence-corrected chi connectivity index (χ3v) is 3.90. The number of carbonyl (C=O) groups excluding carboxylic acids is 1. The Hall–Kier alpha value is -1.26. The SMILES string of the molecule is C=CC(=O)Nc1ccccc1CN1CCSCC1. The van der Waals surface area contributed by atoms with Crippen molar-refractivity contribution in [3.8, 4) is 0 Å². The van der Waals surface area contributed by atoms with Gasteiger partial charge in [-0.05, 0) is 17.7 Å². The first-order valence-electron chi connectivity index (χ1n) is 6.11. The average Bonchev–Trinajstić information content (AvgIpc) is 2.42. The molecule has 1 aromatic carbocycles. The van der Waals surface area contributed by atoms with Gasteiger partial charge in [-0.2, -0.15) is 11.8 Å². The Bertz CT molecular complexity index is 428. The van der Waals surface area contributed by atoms with Gasteiger partial charge in [-0.25, -0.2) is 0 Å². The monoisotopic (exact) mass is 262 g/mol. The van der Waals surface area contributed by atoms with Crippen LogP contribution in [0.3, 0.4) is 0 Å². The minimum absolute atomic E-state index is 0.156. The zero-order valence-electron chi connectivity index (χ0n) is 10.4. The van der Waals surface area contributed by atoms with Gasteiger partial charge in [0.05, 0.1) is 0 Å². The van der Waals surface area contributed by atoms with Crippen molar-refractivity contribution in [1.29, 1.82) is 0 Å². The van der Waals surface area contributed by atoms with Gasteiger partial charge in [0, 0.05) is 36.8 Å². The zero-order valence-corrected chi connectivity index (χ0v) is 11.2. The van der Waals surface area contributed by atoms with Gasteiger partial charge < -0.3 is 5.32 Å². The molecule has 0 spiro atoms. The number of anilines is 1. The highest BCUT2D eigenvalue weighted by Crippen LogP contribution is 2.19. The molecule has 1 aliphatic heterocycles. The van der Waals surface area contributed by atoms with E-state index in [1.165, 1.54) is 23.1 Å². The van der Waals surface area contributed by atoms with Gasteiger partial charge in [-0.1, -0.05) is 24.8 Å². The van der Waals surface area contributed by atoms with Gasteiger partial charge in [-0.3, -0.25) is 9.69 Å². The summed E-state index contributed by atoms with van der Waals surface area (Å²) >= 11 is 2.00. The van der Waals surface area contributed by atoms with Gasteiger partial charge >= 0.3 is 0 Å². The number of amides is 1. The average molecular weight is 262 g/mol. The lowest BCUT2D eigenvalue weighted by molar-refractivity contribution is -0.111. The molecule has 0 unspecified atom stereocenters. The number of hydrogen-bond donors (Lipinski definition) is 1. The summed E-state index contributed by atoms with van der Waals surface area (Å²) in [4.78, 5) is 13.8. The number of benzene rings is 1. The maximum absolute atomic E-state index is 11.4. The van der Waals surface area contributed by atoms with Crippen molar-refractivity contribution in [2.45, 2.75) is 6.54 Å². The summed E-state index contributed by atoms with van der Waals surface area (Å²) in [6.45, 7) is 6.61. The molecular formula is C14H18N2OS. The topological polar surface area (TPSA) is 32.3 Å². The summed E-state index contributed by atoms with van der Waals surface area (Å²) in [5.74, 6) is 2.24. The molecule has 18 heavy (non-hydrogen) atoms. The standard InChI is InChI=1S/C14H18N2OS/c1-2-14(17)15-13-6-4-3-5-12(13)11-16-7-9-18-10-8-16/h2-6H,1,7-11H2,(H,15,17). The minimum atomic E-state index is -0.156. The van der Waals surface area contributed by atoms with Crippen LogP contribution in [0.1, 0.15) is 5.56 Å². The van der Waals surface area contributed by atoms with Crippen LogP contribution < -0.4 is 5.32 Å². The van der Waals surface area contributed by atoms with Crippen LogP contribution in [-0.2, 0) is 11.3 Å². The summed E-state index contributed by atoms with van der Waals surface area (Å²) in [6.07, 6.45) is 1.30. The third-order valence-electron chi connectivity index (χ3n) is 2.96. The fourth-order valence-electron chi connectivity index (χ4n) is 1.96. The van der Waals surface area contributed by atoms with E-state index in [4.69, 9.17) is 0 Å². The summed E-state index contributed by atoms with van der Waals surface area (Å²) in [7, 11) is 0. The smallest absolute Gasteiger partial charge is 0.247 e. The van der Waals surface area contributed by atoms with E-state index in [2.05, 4.69) is 22.9 Å². The Morgan fingerprint density at radius 1 is 1.39 bits per heavy atom. The number of para-hydroxylation sites is 1. The van der Waals surface area contributed by atoms with Gasteiger partial charge in [0.1, 0.15) is 0 Å². The van der Waals surface area contributed by atoms with E-state index in [1.807, 2.05) is 30.0 Å². The second-order valence-corrected chi connectivity index (χ2v) is 5.46. The molecule has 0 radical (unpaired) electrons. The Morgan fingerprint density at radius 2 is 2.11 bits per heavy atom. The number of carbonyl (C=O) groups is 1. The molecule has 0 aromatic heterocycles. The molecule has 0 aliphatic carbocycles. The van der Waals surface area contributed by atoms with E-state index < -0.39 is 0 Å². The lowest BCUT2D eigenvalue weighted by Gasteiger charge is -2.27. The van der Waals surface area contributed by atoms with Crippen molar-refractivity contribution in [3.63, 3.8) is 0 Å². The van der Waals surface area contributed by atoms with Crippen molar-refractivity contribution in [2.75, 3.05) is 29.9 Å². The summed E-state index contributed by atoms with van der Waals surface area (Å²) in [6, 6.07) is 7.96. The third kappa shape index (κ3) is 3.62. The van der Waals surface area contributed by atoms with Crippen LogP contribution in [0.15, 0.2) is 36.9 Å². The molecule has 3 nitrogen and oxygen atoms in total. The predicted molar refractivity (Wildman–Crippen MR) is 77.9 cm³/mol. The number of nitrogens with zero attached hydrogens (tertiary/aromatic N) is 1. The van der Waals surface area contributed by atoms with Crippen LogP contribution in [0.25, 0.3) is 0 Å². The summed E-state index contributed by atoms with van der Waals surface area (Å²) in [5.41, 5.74) is 2.06. The molecule has 1 heterocycles. The Balaban J connectivity index is 2.06. The van der Waals surface area contributed by atoms with Crippen molar-refractivity contribution in [1.82, 2.24) is 4.90 Å². The van der Waals surface area contributed by atoms with Crippen LogP contribution in [0, 0.1) is 0 Å². The molecule has 2 rings (SSSR count). The maximum Gasteiger partial charge on any atom is 0.247 e. The summed E-state index contributed by atoms with van der Waals surface area (Å²) in [5, 5.41) is 2.86. The minimum Gasteiger partial charge on any atom is -0.322 e. The second-order valence-electron chi connectivity index (χ2n) is 4.24. The highest BCUT2D eigenvalue weighted by molar-refractivity contribution is 7.99. The molecule has 0 saturated carbocycles. The number of thioether (sulfide) groups is 1. The number of nitrogens with one attached hydrogen (secondary N) is 1. The molecule has 0 atom stereocenters. The normalized spacial score (nSPS) is 16.2. The fourth-order valence-corrected chi connectivity index (χ4v) is 2.94. The number of rotatable bonds is 4. The van der Waals surface area contributed by atoms with E-state index in [0.29, 0.717) is 0 Å². The number of hydrogen-bond acceptors (Lipinski definition) is 3. The highest BCUT2D eigenvalue weighted by Gasteiger charge is 2.12. The van der Waals surface area contributed by atoms with E-state index in [1.54, 1.807) is 0 Å². The molecule has 4 heteroatoms. The summed E-state index contributed by atoms with van der Waals surface area (Å²) < 4.78 is 0. The molecule has 1 saturated heterocycles. The molecule has 1 aromatic rings. The molecule has 1 fully saturated rings. The predicted octanol–water partition coefficient (Wildman–Crippen LogP) is 2.36. The lowest BCUT2D eigenvalue weighted by atomic mass is 10.1. The van der Waals surface area contributed by atoms with E-state index in [9.17, 15) is 4.79 Å². The lowest BCUT2D eigenvalue weighted by Crippen LogP contribution is -2.32. The molecular weight excluding hydrogens is 244 g/mol. The van der Waals surface area contributed by atoms with Crippen LogP contribution in [0.4, 0.5) is 5.69 Å². The molecule has 96 valence electrons. The quantitative estimate of drug-likeness (QED) is 0.845. The van der Waals surface area contributed by atoms with Crippen LogP contribution >= 0.6 is 11.8 Å². The highest BCUT2D eigenvalue weighted by atomic mass is 32.2. The largest absolute Gasteiger partial charge is 0.322 e. The van der Waals surface area contributed by atoms with Crippen LogP contribution in [0.2, 0.25) is 0 Å². The van der Waals surface area contributed by atoms with Gasteiger partial charge in [0.2, 0.25) is 5.91 Å². The van der Waals surface area contributed by atoms with Crippen molar-refractivity contribution in [2.24, 2.45) is 0 Å². The van der Waals surface area contributed by atoms with Crippen LogP contribution in [0.5, 0.6) is 0 Å². The Labute approximate surface area is 112 Å². The van der Waals surface area contributed by atoms with Gasteiger partial charge in [0.15, 0.2) is 0 Å².